The van der Waals surface area contributed by atoms with E-state index in [2.05, 4.69) is 12.2 Å². The van der Waals surface area contributed by atoms with Crippen LogP contribution in [0, 0.1) is 5.92 Å². The van der Waals surface area contributed by atoms with Crippen LogP contribution in [-0.4, -0.2) is 35.4 Å². The van der Waals surface area contributed by atoms with Gasteiger partial charge in [0.2, 0.25) is 0 Å². The minimum atomic E-state index is -0.644. The number of ether oxygens (including phenoxy) is 1. The third-order valence-electron chi connectivity index (χ3n) is 5.09. The first-order valence-electron chi connectivity index (χ1n) is 8.10. The zero-order valence-electron chi connectivity index (χ0n) is 12.9. The maximum atomic E-state index is 11.7. The lowest BCUT2D eigenvalue weighted by Gasteiger charge is -2.38. The minimum Gasteiger partial charge on any atom is -0.466 e. The van der Waals surface area contributed by atoms with Crippen LogP contribution in [0.3, 0.4) is 0 Å². The molecule has 4 heteroatoms. The number of hydrogen-bond acceptors (Lipinski definition) is 4. The standard InChI is InChI=1S/C16H29NO3/c1-3-20-14(18)13-6-10-16(19,11-7-13)12-17-15(2)8-4-5-9-15/h13,17,19H,3-12H2,1-2H3. The van der Waals surface area contributed by atoms with Gasteiger partial charge in [-0.05, 0) is 52.4 Å². The SMILES string of the molecule is CCOC(=O)C1CCC(O)(CNC2(C)CCCC2)CC1. The Bertz CT molecular complexity index is 329. The smallest absolute Gasteiger partial charge is 0.308 e. The lowest BCUT2D eigenvalue weighted by Crippen LogP contribution is -2.51. The van der Waals surface area contributed by atoms with Gasteiger partial charge in [-0.3, -0.25) is 4.79 Å². The second kappa shape index (κ2) is 6.44. The maximum absolute atomic E-state index is 11.7. The Balaban J connectivity index is 1.77. The molecule has 0 amide bonds. The fourth-order valence-corrected chi connectivity index (χ4v) is 3.54. The van der Waals surface area contributed by atoms with E-state index in [1.807, 2.05) is 6.92 Å². The van der Waals surface area contributed by atoms with E-state index in [4.69, 9.17) is 4.74 Å². The Morgan fingerprint density at radius 2 is 1.85 bits per heavy atom. The van der Waals surface area contributed by atoms with E-state index in [9.17, 15) is 9.90 Å². The predicted octanol–water partition coefficient (Wildman–Crippen LogP) is 2.39. The van der Waals surface area contributed by atoms with Crippen molar-refractivity contribution in [1.82, 2.24) is 5.32 Å². The fourth-order valence-electron chi connectivity index (χ4n) is 3.54. The van der Waals surface area contributed by atoms with Gasteiger partial charge in [0.05, 0.1) is 18.1 Å². The fraction of sp³-hybridized carbons (Fsp3) is 0.938. The molecule has 2 rings (SSSR count). The second-order valence-electron chi connectivity index (χ2n) is 6.87. The Labute approximate surface area is 122 Å². The van der Waals surface area contributed by atoms with Crippen LogP contribution in [0.4, 0.5) is 0 Å². The molecule has 4 nitrogen and oxygen atoms in total. The first kappa shape index (κ1) is 15.8. The summed E-state index contributed by atoms with van der Waals surface area (Å²) in [4.78, 5) is 11.7. The molecular weight excluding hydrogens is 254 g/mol. The first-order chi connectivity index (χ1) is 9.46. The molecule has 0 aromatic heterocycles. The summed E-state index contributed by atoms with van der Waals surface area (Å²) in [7, 11) is 0. The summed E-state index contributed by atoms with van der Waals surface area (Å²) in [5.74, 6) is -0.109. The van der Waals surface area contributed by atoms with Crippen LogP contribution in [-0.2, 0) is 9.53 Å². The second-order valence-corrected chi connectivity index (χ2v) is 6.87. The van der Waals surface area contributed by atoms with Crippen LogP contribution in [0.2, 0.25) is 0 Å². The Morgan fingerprint density at radius 3 is 2.40 bits per heavy atom. The van der Waals surface area contributed by atoms with Crippen molar-refractivity contribution in [2.75, 3.05) is 13.2 Å². The van der Waals surface area contributed by atoms with E-state index in [1.165, 1.54) is 25.7 Å². The summed E-state index contributed by atoms with van der Waals surface area (Å²) in [5.41, 5.74) is -0.442. The van der Waals surface area contributed by atoms with Crippen molar-refractivity contribution in [2.45, 2.75) is 76.4 Å². The Kier molecular flexibility index (Phi) is 5.08. The molecule has 0 aromatic rings. The van der Waals surface area contributed by atoms with E-state index >= 15 is 0 Å². The van der Waals surface area contributed by atoms with Crippen molar-refractivity contribution in [1.29, 1.82) is 0 Å². The zero-order valence-corrected chi connectivity index (χ0v) is 12.9. The topological polar surface area (TPSA) is 58.6 Å². The quantitative estimate of drug-likeness (QED) is 0.761. The highest BCUT2D eigenvalue weighted by atomic mass is 16.5. The van der Waals surface area contributed by atoms with Gasteiger partial charge in [-0.25, -0.2) is 0 Å². The van der Waals surface area contributed by atoms with Gasteiger partial charge in [0.1, 0.15) is 0 Å². The van der Waals surface area contributed by atoms with Crippen molar-refractivity contribution in [3.8, 4) is 0 Å². The van der Waals surface area contributed by atoms with Crippen molar-refractivity contribution in [3.63, 3.8) is 0 Å². The molecule has 0 saturated heterocycles. The van der Waals surface area contributed by atoms with Crippen LogP contribution in [0.15, 0.2) is 0 Å². The number of nitrogens with one attached hydrogen (secondary N) is 1. The molecule has 0 atom stereocenters. The van der Waals surface area contributed by atoms with Crippen LogP contribution in [0.25, 0.3) is 0 Å². The number of hydrogen-bond donors (Lipinski definition) is 2. The summed E-state index contributed by atoms with van der Waals surface area (Å²) in [6, 6.07) is 0. The number of rotatable bonds is 5. The van der Waals surface area contributed by atoms with Crippen LogP contribution < -0.4 is 5.32 Å². The average molecular weight is 283 g/mol. The highest BCUT2D eigenvalue weighted by Crippen LogP contribution is 2.34. The molecule has 0 aliphatic heterocycles. The highest BCUT2D eigenvalue weighted by Gasteiger charge is 2.38. The van der Waals surface area contributed by atoms with Gasteiger partial charge >= 0.3 is 5.97 Å². The molecule has 116 valence electrons. The number of aliphatic hydroxyl groups is 1. The van der Waals surface area contributed by atoms with Gasteiger partial charge in [0.15, 0.2) is 0 Å². The van der Waals surface area contributed by atoms with E-state index in [1.54, 1.807) is 0 Å². The van der Waals surface area contributed by atoms with E-state index in [0.29, 0.717) is 26.0 Å². The van der Waals surface area contributed by atoms with Crippen molar-refractivity contribution >= 4 is 5.97 Å². The van der Waals surface area contributed by atoms with Crippen molar-refractivity contribution in [3.05, 3.63) is 0 Å². The first-order valence-corrected chi connectivity index (χ1v) is 8.10. The zero-order chi connectivity index (χ0) is 14.6. The third kappa shape index (κ3) is 3.95. The molecular formula is C16H29NO3. The summed E-state index contributed by atoms with van der Waals surface area (Å²) in [5, 5.41) is 14.2. The molecule has 0 heterocycles. The molecule has 20 heavy (non-hydrogen) atoms. The number of esters is 1. The van der Waals surface area contributed by atoms with Crippen molar-refractivity contribution in [2.24, 2.45) is 5.92 Å². The molecule has 0 spiro atoms. The highest BCUT2D eigenvalue weighted by molar-refractivity contribution is 5.72. The Morgan fingerprint density at radius 1 is 1.25 bits per heavy atom. The van der Waals surface area contributed by atoms with Gasteiger partial charge in [0.25, 0.3) is 0 Å². The molecule has 0 bridgehead atoms. The van der Waals surface area contributed by atoms with Crippen LogP contribution >= 0.6 is 0 Å². The van der Waals surface area contributed by atoms with Crippen LogP contribution in [0.5, 0.6) is 0 Å². The normalized spacial score (nSPS) is 33.0. The molecule has 2 aliphatic rings. The number of carbonyl (C=O) groups is 1. The molecule has 0 radical (unpaired) electrons. The molecule has 2 N–H and O–H groups in total. The lowest BCUT2D eigenvalue weighted by molar-refractivity contribution is -0.151. The van der Waals surface area contributed by atoms with Crippen molar-refractivity contribution < 1.29 is 14.6 Å². The van der Waals surface area contributed by atoms with E-state index in [0.717, 1.165) is 12.8 Å². The van der Waals surface area contributed by atoms with Gasteiger partial charge in [-0.1, -0.05) is 12.8 Å². The van der Waals surface area contributed by atoms with Crippen LogP contribution in [0.1, 0.15) is 65.2 Å². The number of carbonyl (C=O) groups excluding carboxylic acids is 1. The summed E-state index contributed by atoms with van der Waals surface area (Å²) >= 11 is 0. The van der Waals surface area contributed by atoms with Gasteiger partial charge in [-0.15, -0.1) is 0 Å². The van der Waals surface area contributed by atoms with Gasteiger partial charge in [-0.2, -0.15) is 0 Å². The monoisotopic (exact) mass is 283 g/mol. The predicted molar refractivity (Wildman–Crippen MR) is 78.4 cm³/mol. The molecule has 2 aliphatic carbocycles. The Hall–Kier alpha value is -0.610. The third-order valence-corrected chi connectivity index (χ3v) is 5.09. The molecule has 0 unspecified atom stereocenters. The van der Waals surface area contributed by atoms with E-state index < -0.39 is 5.60 Å². The molecule has 2 saturated carbocycles. The molecule has 2 fully saturated rings. The number of β-amino-alcohol motifs (C(OH)–C–C–N with tert-alkyl or cyclic N) is 1. The largest absolute Gasteiger partial charge is 0.466 e. The van der Waals surface area contributed by atoms with Gasteiger partial charge in [0, 0.05) is 12.1 Å². The summed E-state index contributed by atoms with van der Waals surface area (Å²) < 4.78 is 5.07. The minimum absolute atomic E-state index is 0.0164. The molecule has 0 aromatic carbocycles. The average Bonchev–Trinajstić information content (AvgIpc) is 2.85. The van der Waals surface area contributed by atoms with Gasteiger partial charge < -0.3 is 15.2 Å². The summed E-state index contributed by atoms with van der Waals surface area (Å²) in [6.07, 6.45) is 7.85. The summed E-state index contributed by atoms with van der Waals surface area (Å²) in [6.45, 7) is 5.19. The maximum Gasteiger partial charge on any atom is 0.308 e. The van der Waals surface area contributed by atoms with E-state index in [-0.39, 0.29) is 17.4 Å². The lowest BCUT2D eigenvalue weighted by atomic mass is 9.78.